The summed E-state index contributed by atoms with van der Waals surface area (Å²) >= 11 is 15.2. The first-order valence-electron chi connectivity index (χ1n) is 15.2. The number of carbonyl (C=O) groups excluding carboxylic acids is 2. The lowest BCUT2D eigenvalue weighted by Gasteiger charge is -2.24. The zero-order valence-corrected chi connectivity index (χ0v) is 33.5. The van der Waals surface area contributed by atoms with Gasteiger partial charge in [0.25, 0.3) is 0 Å². The average molecular weight is 847 g/mol. The number of rotatable bonds is 11. The third-order valence-corrected chi connectivity index (χ3v) is 11.3. The molecule has 12 nitrogen and oxygen atoms in total. The van der Waals surface area contributed by atoms with E-state index in [0.29, 0.717) is 43.6 Å². The smallest absolute Gasteiger partial charge is 0.339 e. The number of carbonyl (C=O) groups is 2. The van der Waals surface area contributed by atoms with Crippen LogP contribution in [0.4, 0.5) is 11.4 Å². The third kappa shape index (κ3) is 13.7. The minimum absolute atomic E-state index is 0.0387. The Balaban J connectivity index is 0.000000292. The lowest BCUT2D eigenvalue weighted by molar-refractivity contribution is 0.0591. The average Bonchev–Trinajstić information content (AvgIpc) is 3.13. The number of anilines is 2. The van der Waals surface area contributed by atoms with Crippen LogP contribution in [0.5, 0.6) is 0 Å². The molecule has 0 radical (unpaired) electrons. The lowest BCUT2D eigenvalue weighted by Crippen LogP contribution is -2.32. The second-order valence-corrected chi connectivity index (χ2v) is 16.1. The van der Waals surface area contributed by atoms with E-state index in [9.17, 15) is 26.4 Å². The molecule has 1 N–H and O–H groups in total. The normalized spacial score (nSPS) is 10.8. The molecule has 0 bridgehead atoms. The molecule has 0 aliphatic carbocycles. The summed E-state index contributed by atoms with van der Waals surface area (Å²) in [6, 6.07) is 16.8. The molecule has 4 rings (SSSR count). The van der Waals surface area contributed by atoms with E-state index >= 15 is 0 Å². The van der Waals surface area contributed by atoms with Crippen LogP contribution in [0.15, 0.2) is 73.1 Å². The van der Waals surface area contributed by atoms with Gasteiger partial charge < -0.3 is 9.47 Å². The Bertz CT molecular complexity index is 2000. The summed E-state index contributed by atoms with van der Waals surface area (Å²) in [4.78, 5) is 30.6. The summed E-state index contributed by atoms with van der Waals surface area (Å²) in [5.41, 5.74) is 4.92. The van der Waals surface area contributed by atoms with E-state index in [-0.39, 0.29) is 24.0 Å². The lowest BCUT2D eigenvalue weighted by atomic mass is 10.2. The van der Waals surface area contributed by atoms with Crippen molar-refractivity contribution in [3.63, 3.8) is 0 Å². The fraction of sp³-hybridized carbons (Fsp3) is 0.294. The Morgan fingerprint density at radius 3 is 1.69 bits per heavy atom. The molecule has 0 fully saturated rings. The molecule has 0 aliphatic heterocycles. The summed E-state index contributed by atoms with van der Waals surface area (Å²) in [5, 5.41) is 1.73. The van der Waals surface area contributed by atoms with Gasteiger partial charge in [-0.2, -0.15) is 0 Å². The standard InChI is InChI=1S/C17H19ClN2O4S.C9H12ClNO2S.C8H8BrNO2/c1-4-25(22,23)20(15-8-5-12(2)16(18)9-15)11-14-7-6-13(10-19-14)17(21)24-3;1-3-14(12,13)11-8-5-4-7(2)9(10)6-8;1-12-8(11)6-2-3-7(4-9)10-5-6/h5-10H,4,11H2,1-3H3;4-6,11H,3H2,1-2H3;2-3,5H,4H2,1H3. The number of nitrogens with zero attached hydrogens (tertiary/aromatic N) is 3. The van der Waals surface area contributed by atoms with Gasteiger partial charge in [0.1, 0.15) is 0 Å². The van der Waals surface area contributed by atoms with Gasteiger partial charge in [0, 0.05) is 33.5 Å². The minimum Gasteiger partial charge on any atom is -0.465 e. The van der Waals surface area contributed by atoms with Gasteiger partial charge in [-0.1, -0.05) is 51.3 Å². The Labute approximate surface area is 317 Å². The minimum atomic E-state index is -3.53. The molecular weight excluding hydrogens is 807 g/mol. The van der Waals surface area contributed by atoms with Gasteiger partial charge >= 0.3 is 11.9 Å². The molecule has 0 saturated heterocycles. The maximum Gasteiger partial charge on any atom is 0.339 e. The molecule has 276 valence electrons. The van der Waals surface area contributed by atoms with Crippen molar-refractivity contribution >= 4 is 82.5 Å². The highest BCUT2D eigenvalue weighted by Gasteiger charge is 2.22. The van der Waals surface area contributed by atoms with E-state index in [1.807, 2.05) is 13.8 Å². The first kappa shape index (κ1) is 43.4. The number of aryl methyl sites for hydroxylation is 2. The summed E-state index contributed by atoms with van der Waals surface area (Å²) < 4.78 is 60.3. The van der Waals surface area contributed by atoms with E-state index in [2.05, 4.69) is 40.1 Å². The number of benzene rings is 2. The van der Waals surface area contributed by atoms with Crippen LogP contribution in [0.25, 0.3) is 0 Å². The zero-order valence-electron chi connectivity index (χ0n) is 28.8. The van der Waals surface area contributed by atoms with E-state index in [1.54, 1.807) is 74.5 Å². The number of hydrogen-bond donors (Lipinski definition) is 1. The SMILES string of the molecule is CCS(=O)(=O)N(Cc1ccc(C(=O)OC)cn1)c1ccc(C)c(Cl)c1.CCS(=O)(=O)Nc1ccc(C)c(Cl)c1.COC(=O)c1ccc(CBr)nc1. The zero-order chi connectivity index (χ0) is 38.4. The van der Waals surface area contributed by atoms with Crippen LogP contribution in [-0.4, -0.2) is 64.5 Å². The topological polar surface area (TPSA) is 162 Å². The molecule has 4 aromatic rings. The molecule has 51 heavy (non-hydrogen) atoms. The molecule has 0 saturated carbocycles. The second-order valence-electron chi connectivity index (χ2n) is 10.5. The van der Waals surface area contributed by atoms with Gasteiger partial charge in [0.15, 0.2) is 0 Å². The number of methoxy groups -OCH3 is 2. The number of alkyl halides is 1. The molecule has 0 unspecified atom stereocenters. The number of halogens is 3. The van der Waals surface area contributed by atoms with Crippen LogP contribution in [0.3, 0.4) is 0 Å². The molecule has 0 amide bonds. The molecular formula is C34H39BrCl2N4O8S2. The van der Waals surface area contributed by atoms with E-state index in [1.165, 1.54) is 30.9 Å². The predicted molar refractivity (Wildman–Crippen MR) is 205 cm³/mol. The molecule has 0 spiro atoms. The first-order valence-corrected chi connectivity index (χ1v) is 20.3. The molecule has 0 aliphatic rings. The molecule has 2 heterocycles. The van der Waals surface area contributed by atoms with Gasteiger partial charge in [-0.3, -0.25) is 19.0 Å². The molecule has 2 aromatic heterocycles. The van der Waals surface area contributed by atoms with Crippen molar-refractivity contribution in [2.24, 2.45) is 0 Å². The van der Waals surface area contributed by atoms with Crippen molar-refractivity contribution in [3.8, 4) is 0 Å². The largest absolute Gasteiger partial charge is 0.465 e. The number of nitrogens with one attached hydrogen (secondary N) is 1. The van der Waals surface area contributed by atoms with Crippen LogP contribution in [-0.2, 0) is 41.4 Å². The fourth-order valence-corrected chi connectivity index (χ4v) is 6.19. The summed E-state index contributed by atoms with van der Waals surface area (Å²) in [6.07, 6.45) is 2.86. The molecule has 17 heteroatoms. The van der Waals surface area contributed by atoms with Crippen LogP contribution in [0, 0.1) is 13.8 Å². The summed E-state index contributed by atoms with van der Waals surface area (Å²) in [6.45, 7) is 6.90. The highest BCUT2D eigenvalue weighted by atomic mass is 79.9. The molecule has 0 atom stereocenters. The predicted octanol–water partition coefficient (Wildman–Crippen LogP) is 7.36. The van der Waals surface area contributed by atoms with E-state index in [0.717, 1.165) is 16.8 Å². The van der Waals surface area contributed by atoms with Crippen molar-refractivity contribution < 1.29 is 35.9 Å². The van der Waals surface area contributed by atoms with Crippen molar-refractivity contribution in [1.29, 1.82) is 0 Å². The summed E-state index contributed by atoms with van der Waals surface area (Å²) in [7, 11) is -4.11. The number of pyridine rings is 2. The van der Waals surface area contributed by atoms with Crippen molar-refractivity contribution in [2.45, 2.75) is 39.6 Å². The Morgan fingerprint density at radius 1 is 0.765 bits per heavy atom. The van der Waals surface area contributed by atoms with E-state index < -0.39 is 26.0 Å². The number of sulfonamides is 2. The Hall–Kier alpha value is -3.76. The van der Waals surface area contributed by atoms with Crippen molar-refractivity contribution in [1.82, 2.24) is 9.97 Å². The number of aromatic nitrogens is 2. The molecule has 2 aromatic carbocycles. The van der Waals surface area contributed by atoms with Crippen molar-refractivity contribution in [2.75, 3.05) is 34.8 Å². The van der Waals surface area contributed by atoms with Gasteiger partial charge in [-0.25, -0.2) is 26.4 Å². The first-order chi connectivity index (χ1) is 24.0. The van der Waals surface area contributed by atoms with Crippen LogP contribution < -0.4 is 9.03 Å². The van der Waals surface area contributed by atoms with Crippen LogP contribution in [0.2, 0.25) is 10.0 Å². The highest BCUT2D eigenvalue weighted by molar-refractivity contribution is 9.08. The van der Waals surface area contributed by atoms with Crippen LogP contribution >= 0.6 is 39.1 Å². The van der Waals surface area contributed by atoms with Crippen LogP contribution in [0.1, 0.15) is 57.1 Å². The van der Waals surface area contributed by atoms with Gasteiger partial charge in [0.2, 0.25) is 20.0 Å². The Kier molecular flexibility index (Phi) is 17.3. The van der Waals surface area contributed by atoms with Gasteiger partial charge in [0.05, 0.1) is 60.5 Å². The number of hydrogen-bond acceptors (Lipinski definition) is 10. The third-order valence-electron chi connectivity index (χ3n) is 6.90. The maximum absolute atomic E-state index is 12.5. The highest BCUT2D eigenvalue weighted by Crippen LogP contribution is 2.27. The summed E-state index contributed by atoms with van der Waals surface area (Å²) in [5.74, 6) is -0.858. The number of ether oxygens (including phenoxy) is 2. The van der Waals surface area contributed by atoms with Gasteiger partial charge in [-0.15, -0.1) is 0 Å². The van der Waals surface area contributed by atoms with E-state index in [4.69, 9.17) is 23.2 Å². The van der Waals surface area contributed by atoms with Crippen molar-refractivity contribution in [3.05, 3.63) is 117 Å². The Morgan fingerprint density at radius 2 is 1.27 bits per heavy atom. The monoisotopic (exact) mass is 844 g/mol. The quantitative estimate of drug-likeness (QED) is 0.119. The fourth-order valence-electron chi connectivity index (χ4n) is 3.80. The second kappa shape index (κ2) is 20.3. The van der Waals surface area contributed by atoms with Gasteiger partial charge in [-0.05, 0) is 87.4 Å². The number of esters is 2. The maximum atomic E-state index is 12.5.